The van der Waals surface area contributed by atoms with Gasteiger partial charge in [0.1, 0.15) is 4.88 Å². The molecule has 0 atom stereocenters. The Hall–Kier alpha value is -1.49. The van der Waals surface area contributed by atoms with E-state index in [9.17, 15) is 18.0 Å². The molecule has 0 amide bonds. The van der Waals surface area contributed by atoms with Crippen LogP contribution >= 0.6 is 11.3 Å². The monoisotopic (exact) mass is 351 g/mol. The summed E-state index contributed by atoms with van der Waals surface area (Å²) >= 11 is 0.661. The van der Waals surface area contributed by atoms with Gasteiger partial charge in [0.05, 0.1) is 26.4 Å². The van der Waals surface area contributed by atoms with E-state index in [0.717, 1.165) is 7.11 Å². The van der Waals surface area contributed by atoms with Crippen LogP contribution in [0.5, 0.6) is 0 Å². The van der Waals surface area contributed by atoms with Crippen LogP contribution < -0.4 is 4.72 Å². The Morgan fingerprint density at radius 1 is 1.14 bits per heavy atom. The number of methoxy groups -OCH3 is 3. The van der Waals surface area contributed by atoms with Gasteiger partial charge in [0, 0.05) is 13.7 Å². The van der Waals surface area contributed by atoms with Crippen molar-refractivity contribution >= 4 is 33.3 Å². The highest BCUT2D eigenvalue weighted by molar-refractivity contribution is 7.91. The van der Waals surface area contributed by atoms with Gasteiger partial charge in [-0.1, -0.05) is 0 Å². The van der Waals surface area contributed by atoms with Gasteiger partial charge in [-0.3, -0.25) is 0 Å². The Morgan fingerprint density at radius 2 is 1.73 bits per heavy atom. The zero-order valence-electron chi connectivity index (χ0n) is 12.6. The Labute approximate surface area is 132 Å². The van der Waals surface area contributed by atoms with E-state index in [1.165, 1.54) is 21.1 Å². The average Bonchev–Trinajstić information content (AvgIpc) is 2.84. The van der Waals surface area contributed by atoms with Gasteiger partial charge in [-0.2, -0.15) is 0 Å². The number of carbonyl (C=O) groups excluding carboxylic acids is 2. The molecule has 0 unspecified atom stereocenters. The van der Waals surface area contributed by atoms with Crippen LogP contribution in [0.15, 0.2) is 4.21 Å². The van der Waals surface area contributed by atoms with Crippen LogP contribution in [0.1, 0.15) is 25.6 Å². The van der Waals surface area contributed by atoms with Crippen LogP contribution in [0, 0.1) is 6.92 Å². The standard InChI is InChI=1S/C12H17NO7S2/c1-7-8(10(14)19-3)12(21-9(7)11(15)20-4)22(16,17)13-5-6-18-2/h13H,5-6H2,1-4H3. The van der Waals surface area contributed by atoms with E-state index < -0.39 is 22.0 Å². The maximum atomic E-state index is 12.3. The van der Waals surface area contributed by atoms with E-state index in [2.05, 4.69) is 14.2 Å². The van der Waals surface area contributed by atoms with Gasteiger partial charge in [0.15, 0.2) is 4.21 Å². The topological polar surface area (TPSA) is 108 Å². The van der Waals surface area contributed by atoms with Gasteiger partial charge >= 0.3 is 11.9 Å². The fraction of sp³-hybridized carbons (Fsp3) is 0.500. The van der Waals surface area contributed by atoms with Crippen LogP contribution in [0.2, 0.25) is 0 Å². The number of hydrogen-bond acceptors (Lipinski definition) is 8. The summed E-state index contributed by atoms with van der Waals surface area (Å²) in [5.74, 6) is -1.55. The summed E-state index contributed by atoms with van der Waals surface area (Å²) in [6, 6.07) is 0. The highest BCUT2D eigenvalue weighted by Gasteiger charge is 2.32. The van der Waals surface area contributed by atoms with Crippen LogP contribution in [0.3, 0.4) is 0 Å². The highest BCUT2D eigenvalue weighted by atomic mass is 32.2. The molecule has 1 rings (SSSR count). The number of thiophene rings is 1. The lowest BCUT2D eigenvalue weighted by Gasteiger charge is -2.06. The van der Waals surface area contributed by atoms with Crippen LogP contribution in [-0.2, 0) is 24.2 Å². The molecular weight excluding hydrogens is 334 g/mol. The summed E-state index contributed by atoms with van der Waals surface area (Å²) in [5, 5.41) is 0. The molecular formula is C12H17NO7S2. The molecule has 1 aromatic heterocycles. The molecule has 1 aromatic rings. The lowest BCUT2D eigenvalue weighted by molar-refractivity contribution is 0.0596. The quantitative estimate of drug-likeness (QED) is 0.564. The predicted molar refractivity (Wildman–Crippen MR) is 78.8 cm³/mol. The van der Waals surface area contributed by atoms with Gasteiger partial charge in [-0.25, -0.2) is 22.7 Å². The van der Waals surface area contributed by atoms with Crippen molar-refractivity contribution in [3.8, 4) is 0 Å². The highest BCUT2D eigenvalue weighted by Crippen LogP contribution is 2.33. The molecule has 1 heterocycles. The van der Waals surface area contributed by atoms with Crippen molar-refractivity contribution in [3.05, 3.63) is 16.0 Å². The van der Waals surface area contributed by atoms with Gasteiger partial charge in [-0.05, 0) is 12.5 Å². The molecule has 8 nitrogen and oxygen atoms in total. The minimum atomic E-state index is -3.98. The number of esters is 2. The van der Waals surface area contributed by atoms with Crippen molar-refractivity contribution < 1.29 is 32.2 Å². The number of sulfonamides is 1. The average molecular weight is 351 g/mol. The summed E-state index contributed by atoms with van der Waals surface area (Å²) < 4.78 is 40.6. The molecule has 0 bridgehead atoms. The molecule has 0 aliphatic carbocycles. The SMILES string of the molecule is COCCNS(=O)(=O)c1sc(C(=O)OC)c(C)c1C(=O)OC. The molecule has 10 heteroatoms. The summed E-state index contributed by atoms with van der Waals surface area (Å²) in [4.78, 5) is 23.6. The molecule has 0 saturated heterocycles. The smallest absolute Gasteiger partial charge is 0.348 e. The van der Waals surface area contributed by atoms with E-state index in [0.29, 0.717) is 11.3 Å². The first-order valence-corrected chi connectivity index (χ1v) is 8.38. The Balaban J connectivity index is 3.39. The first-order chi connectivity index (χ1) is 10.3. The van der Waals surface area contributed by atoms with Gasteiger partial charge < -0.3 is 14.2 Å². The summed E-state index contributed by atoms with van der Waals surface area (Å²) in [7, 11) is -0.250. The second-order valence-electron chi connectivity index (χ2n) is 4.09. The van der Waals surface area contributed by atoms with Crippen LogP contribution in [-0.4, -0.2) is 54.8 Å². The lowest BCUT2D eigenvalue weighted by atomic mass is 10.2. The fourth-order valence-electron chi connectivity index (χ4n) is 1.65. The maximum absolute atomic E-state index is 12.3. The van der Waals surface area contributed by atoms with E-state index in [4.69, 9.17) is 4.74 Å². The number of nitrogens with one attached hydrogen (secondary N) is 1. The molecule has 22 heavy (non-hydrogen) atoms. The summed E-state index contributed by atoms with van der Waals surface area (Å²) in [6.07, 6.45) is 0. The molecule has 0 fully saturated rings. The third kappa shape index (κ3) is 3.83. The van der Waals surface area contributed by atoms with Gasteiger partial charge in [-0.15, -0.1) is 11.3 Å². The van der Waals surface area contributed by atoms with Gasteiger partial charge in [0.25, 0.3) is 10.0 Å². The van der Waals surface area contributed by atoms with Crippen molar-refractivity contribution in [2.75, 3.05) is 34.5 Å². The largest absolute Gasteiger partial charge is 0.465 e. The molecule has 0 saturated carbocycles. The Kier molecular flexibility index (Phi) is 6.48. The molecule has 0 radical (unpaired) electrons. The van der Waals surface area contributed by atoms with Crippen LogP contribution in [0.4, 0.5) is 0 Å². The van der Waals surface area contributed by atoms with Crippen LogP contribution in [0.25, 0.3) is 0 Å². The van der Waals surface area contributed by atoms with Crippen molar-refractivity contribution in [1.29, 1.82) is 0 Å². The Bertz CT molecular complexity index is 663. The lowest BCUT2D eigenvalue weighted by Crippen LogP contribution is -2.27. The molecule has 124 valence electrons. The zero-order valence-corrected chi connectivity index (χ0v) is 14.2. The summed E-state index contributed by atoms with van der Waals surface area (Å²) in [6.45, 7) is 1.66. The van der Waals surface area contributed by atoms with Crippen molar-refractivity contribution in [1.82, 2.24) is 4.72 Å². The van der Waals surface area contributed by atoms with Gasteiger partial charge in [0.2, 0.25) is 0 Å². The fourth-order valence-corrected chi connectivity index (χ4v) is 4.45. The van der Waals surface area contributed by atoms with Crippen molar-refractivity contribution in [2.45, 2.75) is 11.1 Å². The molecule has 0 aromatic carbocycles. The normalized spacial score (nSPS) is 11.3. The Morgan fingerprint density at radius 3 is 2.23 bits per heavy atom. The first kappa shape index (κ1) is 18.6. The predicted octanol–water partition coefficient (Wildman–Crippen LogP) is 0.554. The van der Waals surface area contributed by atoms with E-state index in [1.807, 2.05) is 0 Å². The van der Waals surface area contributed by atoms with E-state index in [1.54, 1.807) is 0 Å². The number of rotatable bonds is 7. The second kappa shape index (κ2) is 7.68. The molecule has 0 aliphatic rings. The van der Waals surface area contributed by atoms with Crippen molar-refractivity contribution in [2.24, 2.45) is 0 Å². The minimum Gasteiger partial charge on any atom is -0.465 e. The number of ether oxygens (including phenoxy) is 3. The third-order valence-electron chi connectivity index (χ3n) is 2.72. The number of carbonyl (C=O) groups is 2. The molecule has 1 N–H and O–H groups in total. The first-order valence-electron chi connectivity index (χ1n) is 6.08. The van der Waals surface area contributed by atoms with E-state index >= 15 is 0 Å². The summed E-state index contributed by atoms with van der Waals surface area (Å²) in [5.41, 5.74) is 0.0358. The van der Waals surface area contributed by atoms with Crippen molar-refractivity contribution in [3.63, 3.8) is 0 Å². The van der Waals surface area contributed by atoms with E-state index in [-0.39, 0.29) is 33.4 Å². The second-order valence-corrected chi connectivity index (χ2v) is 7.08. The minimum absolute atomic E-state index is 0.0317. The molecule has 0 spiro atoms. The molecule has 0 aliphatic heterocycles. The maximum Gasteiger partial charge on any atom is 0.348 e. The third-order valence-corrected chi connectivity index (χ3v) is 5.97. The zero-order chi connectivity index (χ0) is 16.9. The number of hydrogen-bond donors (Lipinski definition) is 1.